The minimum atomic E-state index is -4.41. The minimum absolute atomic E-state index is 0.101. The molecular formula is C30H26F3N3O3. The number of benzene rings is 3. The summed E-state index contributed by atoms with van der Waals surface area (Å²) in [5, 5.41) is 0. The number of ether oxygens (including phenoxy) is 1. The molecule has 0 bridgehead atoms. The highest BCUT2D eigenvalue weighted by Gasteiger charge is 2.40. The number of hydrogen-bond acceptors (Lipinski definition) is 4. The number of methoxy groups -OCH3 is 1. The van der Waals surface area contributed by atoms with E-state index >= 15 is 0 Å². The van der Waals surface area contributed by atoms with Crippen molar-refractivity contribution in [1.29, 1.82) is 0 Å². The second-order valence-electron chi connectivity index (χ2n) is 9.42. The Morgan fingerprint density at radius 1 is 0.949 bits per heavy atom. The van der Waals surface area contributed by atoms with E-state index in [0.717, 1.165) is 29.0 Å². The van der Waals surface area contributed by atoms with E-state index in [4.69, 9.17) is 4.74 Å². The first-order valence-electron chi connectivity index (χ1n) is 12.4. The zero-order valence-electron chi connectivity index (χ0n) is 21.1. The fraction of sp³-hybridized carbons (Fsp3) is 0.233. The molecule has 3 aromatic carbocycles. The van der Waals surface area contributed by atoms with Crippen LogP contribution >= 0.6 is 0 Å². The van der Waals surface area contributed by atoms with Gasteiger partial charge in [-0.25, -0.2) is 9.78 Å². The lowest BCUT2D eigenvalue weighted by atomic mass is 9.88. The molecule has 0 aliphatic carbocycles. The van der Waals surface area contributed by atoms with Gasteiger partial charge in [-0.1, -0.05) is 72.8 Å². The lowest BCUT2D eigenvalue weighted by molar-refractivity contribution is -0.154. The topological polar surface area (TPSA) is 64.4 Å². The molecule has 1 unspecified atom stereocenters. The van der Waals surface area contributed by atoms with E-state index in [-0.39, 0.29) is 25.4 Å². The lowest BCUT2D eigenvalue weighted by Gasteiger charge is -2.36. The van der Waals surface area contributed by atoms with Crippen LogP contribution in [0.15, 0.2) is 91.3 Å². The average Bonchev–Trinajstić information content (AvgIpc) is 3.34. The molecule has 9 heteroatoms. The Hall–Kier alpha value is -4.40. The third-order valence-corrected chi connectivity index (χ3v) is 7.02. The molecule has 39 heavy (non-hydrogen) atoms. The molecule has 2 heterocycles. The van der Waals surface area contributed by atoms with E-state index < -0.39 is 29.7 Å². The van der Waals surface area contributed by atoms with Crippen molar-refractivity contribution in [3.05, 3.63) is 125 Å². The highest BCUT2D eigenvalue weighted by atomic mass is 19.4. The third kappa shape index (κ3) is 5.43. The van der Waals surface area contributed by atoms with Crippen LogP contribution in [0.25, 0.3) is 0 Å². The predicted molar refractivity (Wildman–Crippen MR) is 138 cm³/mol. The number of alkyl halides is 3. The maximum Gasteiger partial charge on any atom is 0.416 e. The summed E-state index contributed by atoms with van der Waals surface area (Å²) in [6.07, 6.45) is -2.64. The number of aromatic nitrogens is 2. The van der Waals surface area contributed by atoms with Crippen LogP contribution in [0.1, 0.15) is 39.6 Å². The van der Waals surface area contributed by atoms with Crippen LogP contribution in [0.2, 0.25) is 0 Å². The van der Waals surface area contributed by atoms with Crippen molar-refractivity contribution in [2.45, 2.75) is 37.6 Å². The summed E-state index contributed by atoms with van der Waals surface area (Å²) in [7, 11) is 1.28. The van der Waals surface area contributed by atoms with Gasteiger partial charge in [0.2, 0.25) is 5.91 Å². The molecule has 1 aromatic heterocycles. The van der Waals surface area contributed by atoms with Crippen molar-refractivity contribution < 1.29 is 27.5 Å². The molecule has 6 nitrogen and oxygen atoms in total. The Morgan fingerprint density at radius 2 is 1.54 bits per heavy atom. The van der Waals surface area contributed by atoms with Gasteiger partial charge < -0.3 is 14.2 Å². The summed E-state index contributed by atoms with van der Waals surface area (Å²) >= 11 is 0. The van der Waals surface area contributed by atoms with E-state index in [2.05, 4.69) is 4.98 Å². The molecule has 0 fully saturated rings. The van der Waals surface area contributed by atoms with Crippen LogP contribution in [0.5, 0.6) is 0 Å². The van der Waals surface area contributed by atoms with Gasteiger partial charge in [-0.05, 0) is 28.8 Å². The molecule has 0 spiro atoms. The van der Waals surface area contributed by atoms with E-state index in [0.29, 0.717) is 11.3 Å². The third-order valence-electron chi connectivity index (χ3n) is 7.02. The Kier molecular flexibility index (Phi) is 7.24. The zero-order chi connectivity index (χ0) is 27.6. The van der Waals surface area contributed by atoms with Crippen molar-refractivity contribution in [2.24, 2.45) is 0 Å². The van der Waals surface area contributed by atoms with Gasteiger partial charge in [-0.3, -0.25) is 4.79 Å². The Labute approximate surface area is 223 Å². The molecule has 1 amide bonds. The minimum Gasteiger partial charge on any atom is -0.467 e. The molecule has 200 valence electrons. The highest BCUT2D eigenvalue weighted by Crippen LogP contribution is 2.33. The first kappa shape index (κ1) is 26.2. The van der Waals surface area contributed by atoms with Crippen molar-refractivity contribution in [3.63, 3.8) is 0 Å². The van der Waals surface area contributed by atoms with Crippen LogP contribution < -0.4 is 0 Å². The van der Waals surface area contributed by atoms with Gasteiger partial charge in [0.05, 0.1) is 37.2 Å². The van der Waals surface area contributed by atoms with Gasteiger partial charge in [-0.2, -0.15) is 13.2 Å². The van der Waals surface area contributed by atoms with Crippen LogP contribution in [-0.4, -0.2) is 39.5 Å². The molecular weight excluding hydrogens is 507 g/mol. The Balaban J connectivity index is 1.46. The second kappa shape index (κ2) is 10.8. The van der Waals surface area contributed by atoms with Crippen molar-refractivity contribution in [2.75, 3.05) is 7.11 Å². The summed E-state index contributed by atoms with van der Waals surface area (Å²) in [4.78, 5) is 33.1. The molecule has 0 radical (unpaired) electrons. The summed E-state index contributed by atoms with van der Waals surface area (Å²) in [5.41, 5.74) is 2.92. The largest absolute Gasteiger partial charge is 0.467 e. The monoisotopic (exact) mass is 533 g/mol. The summed E-state index contributed by atoms with van der Waals surface area (Å²) in [6.45, 7) is 0.378. The number of amides is 1. The molecule has 1 atom stereocenters. The fourth-order valence-electron chi connectivity index (χ4n) is 5.03. The summed E-state index contributed by atoms with van der Waals surface area (Å²) in [5.74, 6) is -1.42. The number of fused-ring (bicyclic) bond motifs is 1. The first-order chi connectivity index (χ1) is 18.8. The van der Waals surface area contributed by atoms with Gasteiger partial charge in [0.15, 0.2) is 0 Å². The normalized spacial score (nSPS) is 15.2. The second-order valence-corrected chi connectivity index (χ2v) is 9.42. The van der Waals surface area contributed by atoms with Gasteiger partial charge in [0, 0.05) is 18.7 Å². The SMILES string of the molecule is COC(=O)C1Cc2c(ncn2Cc2ccc(C(F)(F)F)cc2)CN1C(=O)C(c1ccccc1)c1ccccc1. The van der Waals surface area contributed by atoms with Crippen molar-refractivity contribution in [3.8, 4) is 0 Å². The predicted octanol–water partition coefficient (Wildman–Crippen LogP) is 5.21. The number of esters is 1. The smallest absolute Gasteiger partial charge is 0.416 e. The number of nitrogens with zero attached hydrogens (tertiary/aromatic N) is 3. The van der Waals surface area contributed by atoms with Crippen LogP contribution in [0, 0.1) is 0 Å². The molecule has 4 aromatic rings. The number of halogens is 3. The molecule has 1 aliphatic rings. The molecule has 0 N–H and O–H groups in total. The number of imidazole rings is 1. The van der Waals surface area contributed by atoms with Gasteiger partial charge in [-0.15, -0.1) is 0 Å². The molecule has 0 saturated heterocycles. The van der Waals surface area contributed by atoms with E-state index in [1.807, 2.05) is 65.2 Å². The Bertz CT molecular complexity index is 1410. The average molecular weight is 534 g/mol. The summed E-state index contributed by atoms with van der Waals surface area (Å²) in [6, 6.07) is 22.8. The van der Waals surface area contributed by atoms with Gasteiger partial charge in [0.25, 0.3) is 0 Å². The first-order valence-corrected chi connectivity index (χ1v) is 12.4. The van der Waals surface area contributed by atoms with Gasteiger partial charge >= 0.3 is 12.1 Å². The maximum atomic E-state index is 14.1. The van der Waals surface area contributed by atoms with Crippen LogP contribution in [0.3, 0.4) is 0 Å². The standard InChI is InChI=1S/C30H26F3N3O3/c1-39-29(38)26-16-25-24(34-19-35(25)17-20-12-14-23(15-13-20)30(31,32)33)18-36(26)28(37)27(21-8-4-2-5-9-21)22-10-6-3-7-11-22/h2-15,19,26-27H,16-18H2,1H3. The fourth-order valence-corrected chi connectivity index (χ4v) is 5.03. The van der Waals surface area contributed by atoms with Crippen LogP contribution in [0.4, 0.5) is 13.2 Å². The van der Waals surface area contributed by atoms with Crippen LogP contribution in [-0.2, 0) is 40.0 Å². The quantitative estimate of drug-likeness (QED) is 0.320. The van der Waals surface area contributed by atoms with Gasteiger partial charge in [0.1, 0.15) is 6.04 Å². The van der Waals surface area contributed by atoms with E-state index in [1.54, 1.807) is 6.33 Å². The number of carbonyl (C=O) groups is 2. The Morgan fingerprint density at radius 3 is 2.08 bits per heavy atom. The zero-order valence-corrected chi connectivity index (χ0v) is 21.1. The van der Waals surface area contributed by atoms with Crippen molar-refractivity contribution in [1.82, 2.24) is 14.5 Å². The van der Waals surface area contributed by atoms with E-state index in [1.165, 1.54) is 24.1 Å². The molecule has 5 rings (SSSR count). The lowest BCUT2D eigenvalue weighted by Crippen LogP contribution is -2.51. The van der Waals surface area contributed by atoms with Crippen molar-refractivity contribution >= 4 is 11.9 Å². The van der Waals surface area contributed by atoms with E-state index in [9.17, 15) is 22.8 Å². The number of rotatable bonds is 6. The number of hydrogen-bond donors (Lipinski definition) is 0. The summed E-state index contributed by atoms with van der Waals surface area (Å²) < 4.78 is 45.8. The molecule has 0 saturated carbocycles. The highest BCUT2D eigenvalue weighted by molar-refractivity contribution is 5.91. The number of carbonyl (C=O) groups excluding carboxylic acids is 2. The maximum absolute atomic E-state index is 14.1. The molecule has 1 aliphatic heterocycles.